The van der Waals surface area contributed by atoms with Crippen molar-refractivity contribution in [1.82, 2.24) is 19.7 Å². The van der Waals surface area contributed by atoms with Gasteiger partial charge >= 0.3 is 6.18 Å². The molecule has 1 amide bonds. The molecule has 4 aromatic rings. The van der Waals surface area contributed by atoms with Gasteiger partial charge < -0.3 is 10.4 Å². The number of carbonyl (C=O) groups excluding carboxylic acids is 1. The Morgan fingerprint density at radius 3 is 2.38 bits per heavy atom. The molecule has 2 heterocycles. The Hall–Kier alpha value is -3.47. The topological polar surface area (TPSA) is 72.1 Å². The Morgan fingerprint density at radius 2 is 1.79 bits per heavy atom. The van der Waals surface area contributed by atoms with E-state index in [0.717, 1.165) is 12.1 Å². The van der Waals surface area contributed by atoms with E-state index in [0.29, 0.717) is 27.6 Å². The summed E-state index contributed by atoms with van der Waals surface area (Å²) in [5.41, 5.74) is -0.388. The summed E-state index contributed by atoms with van der Waals surface area (Å²) in [6.45, 7) is -0.603. The van der Waals surface area contributed by atoms with Crippen LogP contribution in [0, 0.1) is 0 Å². The van der Waals surface area contributed by atoms with Gasteiger partial charge in [0, 0.05) is 48.1 Å². The van der Waals surface area contributed by atoms with E-state index in [1.54, 1.807) is 34.6 Å². The number of nitrogens with zero attached hydrogens (tertiary/aromatic N) is 3. The van der Waals surface area contributed by atoms with Crippen LogP contribution >= 0.6 is 0 Å². The lowest BCUT2D eigenvalue weighted by atomic mass is 9.73. The van der Waals surface area contributed by atoms with Crippen LogP contribution in [0.1, 0.15) is 28.8 Å². The molecular formula is C23H19F5N4O2. The molecular weight excluding hydrogens is 459 g/mol. The summed E-state index contributed by atoms with van der Waals surface area (Å²) < 4.78 is 69.0. The van der Waals surface area contributed by atoms with E-state index in [4.69, 9.17) is 0 Å². The zero-order valence-corrected chi connectivity index (χ0v) is 17.8. The highest BCUT2D eigenvalue weighted by atomic mass is 19.4. The number of nitrogens with one attached hydrogen (secondary N) is 1. The van der Waals surface area contributed by atoms with Crippen molar-refractivity contribution in [3.8, 4) is 5.69 Å². The molecule has 0 spiro atoms. The van der Waals surface area contributed by atoms with E-state index in [-0.39, 0.29) is 5.56 Å². The molecule has 1 aliphatic carbocycles. The van der Waals surface area contributed by atoms with Crippen molar-refractivity contribution in [2.24, 2.45) is 7.05 Å². The normalized spacial score (nSPS) is 17.1. The van der Waals surface area contributed by atoms with Gasteiger partial charge in [-0.2, -0.15) is 18.3 Å². The molecule has 0 bridgehead atoms. The van der Waals surface area contributed by atoms with E-state index >= 15 is 0 Å². The van der Waals surface area contributed by atoms with E-state index in [1.807, 2.05) is 0 Å². The largest absolute Gasteiger partial charge is 0.416 e. The molecule has 11 heteroatoms. The van der Waals surface area contributed by atoms with Crippen LogP contribution in [-0.4, -0.2) is 43.4 Å². The Bertz CT molecular complexity index is 1410. The van der Waals surface area contributed by atoms with E-state index in [1.165, 1.54) is 18.2 Å². The first-order valence-electron chi connectivity index (χ1n) is 10.4. The van der Waals surface area contributed by atoms with Crippen molar-refractivity contribution < 1.29 is 31.9 Å². The Balaban J connectivity index is 1.56. The fourth-order valence-corrected chi connectivity index (χ4v) is 4.59. The number of alkyl halides is 5. The number of aliphatic hydroxyl groups is 1. The maximum Gasteiger partial charge on any atom is 0.416 e. The average molecular weight is 478 g/mol. The number of aliphatic hydroxyl groups excluding tert-OH is 1. The summed E-state index contributed by atoms with van der Waals surface area (Å²) in [5, 5.41) is 17.8. The van der Waals surface area contributed by atoms with Crippen LogP contribution in [0.25, 0.3) is 27.6 Å². The van der Waals surface area contributed by atoms with Gasteiger partial charge in [0.15, 0.2) is 5.65 Å². The van der Waals surface area contributed by atoms with E-state index in [9.17, 15) is 31.9 Å². The number of rotatable bonds is 4. The quantitative estimate of drug-likeness (QED) is 0.427. The molecule has 0 radical (unpaired) electrons. The third-order valence-corrected chi connectivity index (χ3v) is 6.14. The van der Waals surface area contributed by atoms with Crippen LogP contribution in [0.4, 0.5) is 22.0 Å². The first-order chi connectivity index (χ1) is 15.9. The van der Waals surface area contributed by atoms with Crippen LogP contribution in [0.3, 0.4) is 0 Å². The molecule has 1 saturated carbocycles. The van der Waals surface area contributed by atoms with Crippen LogP contribution < -0.4 is 5.32 Å². The van der Waals surface area contributed by atoms with Crippen LogP contribution in [0.15, 0.2) is 48.7 Å². The maximum atomic E-state index is 13.4. The third kappa shape index (κ3) is 3.60. The summed E-state index contributed by atoms with van der Waals surface area (Å²) in [4.78, 5) is 12.8. The highest BCUT2D eigenvalue weighted by molar-refractivity contribution is 6.10. The zero-order chi connectivity index (χ0) is 24.5. The highest BCUT2D eigenvalue weighted by Crippen LogP contribution is 2.45. The number of benzene rings is 2. The predicted molar refractivity (Wildman–Crippen MR) is 114 cm³/mol. The van der Waals surface area contributed by atoms with Gasteiger partial charge in [-0.25, -0.2) is 8.78 Å². The minimum atomic E-state index is -4.46. The number of hydrogen-bond donors (Lipinski definition) is 2. The lowest BCUT2D eigenvalue weighted by Gasteiger charge is -2.46. The number of halogens is 5. The first-order valence-corrected chi connectivity index (χ1v) is 10.4. The molecule has 2 aromatic heterocycles. The van der Waals surface area contributed by atoms with Crippen molar-refractivity contribution in [2.45, 2.75) is 30.5 Å². The van der Waals surface area contributed by atoms with Gasteiger partial charge in [-0.05, 0) is 42.5 Å². The van der Waals surface area contributed by atoms with Crippen LogP contribution in [0.5, 0.6) is 0 Å². The zero-order valence-electron chi connectivity index (χ0n) is 17.8. The standard InChI is InChI=1S/C23H19F5N4O2/c1-31-9-17-16-8-13(20(34)29-21(12-33)10-22(24,25)11-21)2-7-18(16)32(19(17)30-31)15-5-3-14(4-6-15)23(26,27)28/h2-9,33H,10-12H2,1H3,(H,29,34). The second kappa shape index (κ2) is 7.26. The number of fused-ring (bicyclic) bond motifs is 3. The number of amides is 1. The lowest BCUT2D eigenvalue weighted by Crippen LogP contribution is -2.64. The predicted octanol–water partition coefficient (Wildman–Crippen LogP) is 4.43. The second-order valence-corrected chi connectivity index (χ2v) is 8.75. The molecule has 178 valence electrons. The van der Waals surface area contributed by atoms with E-state index < -0.39 is 48.6 Å². The molecule has 1 fully saturated rings. The van der Waals surface area contributed by atoms with Gasteiger partial charge in [-0.15, -0.1) is 0 Å². The van der Waals surface area contributed by atoms with Crippen LogP contribution in [-0.2, 0) is 13.2 Å². The van der Waals surface area contributed by atoms with Crippen molar-refractivity contribution in [3.63, 3.8) is 0 Å². The lowest BCUT2D eigenvalue weighted by molar-refractivity contribution is -0.143. The number of hydrogen-bond acceptors (Lipinski definition) is 3. The Kier molecular flexibility index (Phi) is 4.77. The molecule has 2 aromatic carbocycles. The van der Waals surface area contributed by atoms with Gasteiger partial charge in [-0.3, -0.25) is 14.0 Å². The summed E-state index contributed by atoms with van der Waals surface area (Å²) >= 11 is 0. The molecule has 6 nitrogen and oxygen atoms in total. The highest BCUT2D eigenvalue weighted by Gasteiger charge is 2.57. The smallest absolute Gasteiger partial charge is 0.394 e. The molecule has 0 unspecified atom stereocenters. The molecule has 0 saturated heterocycles. The fraction of sp³-hybridized carbons (Fsp3) is 0.304. The minimum Gasteiger partial charge on any atom is -0.394 e. The molecule has 0 atom stereocenters. The summed E-state index contributed by atoms with van der Waals surface area (Å²) in [7, 11) is 1.70. The molecule has 2 N–H and O–H groups in total. The van der Waals surface area contributed by atoms with Crippen molar-refractivity contribution in [3.05, 3.63) is 59.8 Å². The monoisotopic (exact) mass is 478 g/mol. The first kappa shape index (κ1) is 22.3. The van der Waals surface area contributed by atoms with Crippen molar-refractivity contribution in [2.75, 3.05) is 6.61 Å². The molecule has 1 aliphatic rings. The molecule has 0 aliphatic heterocycles. The summed E-state index contributed by atoms with van der Waals surface area (Å²) in [5.74, 6) is -3.54. The molecule has 34 heavy (non-hydrogen) atoms. The minimum absolute atomic E-state index is 0.200. The Labute approximate surface area is 189 Å². The second-order valence-electron chi connectivity index (χ2n) is 8.75. The Morgan fingerprint density at radius 1 is 1.12 bits per heavy atom. The van der Waals surface area contributed by atoms with Crippen molar-refractivity contribution in [1.29, 1.82) is 0 Å². The summed E-state index contributed by atoms with van der Waals surface area (Å²) in [6, 6.07) is 9.37. The average Bonchev–Trinajstić information content (AvgIpc) is 3.26. The van der Waals surface area contributed by atoms with Gasteiger partial charge in [-0.1, -0.05) is 0 Å². The van der Waals surface area contributed by atoms with E-state index in [2.05, 4.69) is 10.4 Å². The van der Waals surface area contributed by atoms with Crippen LogP contribution in [0.2, 0.25) is 0 Å². The fourth-order valence-electron chi connectivity index (χ4n) is 4.59. The number of aryl methyl sites for hydroxylation is 1. The maximum absolute atomic E-state index is 13.4. The third-order valence-electron chi connectivity index (χ3n) is 6.14. The van der Waals surface area contributed by atoms with Gasteiger partial charge in [0.2, 0.25) is 0 Å². The summed E-state index contributed by atoms with van der Waals surface area (Å²) in [6.07, 6.45) is -4.01. The number of carbonyl (C=O) groups is 1. The SMILES string of the molecule is Cn1cc2c3cc(C(=O)NC4(CO)CC(F)(F)C4)ccc3n(-c3ccc(C(F)(F)F)cc3)c2n1. The van der Waals surface area contributed by atoms with Gasteiger partial charge in [0.1, 0.15) is 0 Å². The molecule has 5 rings (SSSR count). The van der Waals surface area contributed by atoms with Crippen molar-refractivity contribution >= 4 is 27.8 Å². The van der Waals surface area contributed by atoms with Gasteiger partial charge in [0.05, 0.1) is 23.2 Å². The number of aromatic nitrogens is 3. The van der Waals surface area contributed by atoms with Gasteiger partial charge in [0.25, 0.3) is 11.8 Å².